The number of carbonyl (C=O) groups is 2. The van der Waals surface area contributed by atoms with E-state index < -0.39 is 5.41 Å². The molecule has 0 aliphatic carbocycles. The second-order valence-corrected chi connectivity index (χ2v) is 5.88. The average molecular weight is 292 g/mol. The van der Waals surface area contributed by atoms with Crippen LogP contribution in [-0.2, 0) is 9.59 Å². The summed E-state index contributed by atoms with van der Waals surface area (Å²) in [4.78, 5) is 24.5. The Bertz CT molecular complexity index is 510. The third-order valence-corrected chi connectivity index (χ3v) is 3.16. The van der Waals surface area contributed by atoms with Crippen molar-refractivity contribution in [1.29, 1.82) is 0 Å². The standard InChI is InChI=1S/C16H24N2O3/c1-11(2)10-17-14(19)16(3,4)15(20)18-12-8-6-7-9-13(12)21-5/h6-9,11H,10H2,1-5H3,(H,17,19)(H,18,20). The number of carbonyl (C=O) groups excluding carboxylic acids is 2. The first-order chi connectivity index (χ1) is 9.78. The Morgan fingerprint density at radius 1 is 1.19 bits per heavy atom. The van der Waals surface area contributed by atoms with Crippen LogP contribution in [0, 0.1) is 11.3 Å². The number of methoxy groups -OCH3 is 1. The number of ether oxygens (including phenoxy) is 1. The van der Waals surface area contributed by atoms with E-state index in [1.165, 1.54) is 7.11 Å². The maximum Gasteiger partial charge on any atom is 0.239 e. The molecule has 116 valence electrons. The molecule has 0 atom stereocenters. The van der Waals surface area contributed by atoms with Gasteiger partial charge in [0.25, 0.3) is 0 Å². The van der Waals surface area contributed by atoms with Crippen molar-refractivity contribution >= 4 is 17.5 Å². The zero-order valence-corrected chi connectivity index (χ0v) is 13.3. The molecule has 2 amide bonds. The lowest BCUT2D eigenvalue weighted by atomic mass is 9.90. The van der Waals surface area contributed by atoms with Gasteiger partial charge in [0.05, 0.1) is 12.8 Å². The minimum absolute atomic E-state index is 0.288. The Morgan fingerprint density at radius 3 is 2.38 bits per heavy atom. The third-order valence-electron chi connectivity index (χ3n) is 3.16. The van der Waals surface area contributed by atoms with Gasteiger partial charge in [-0.25, -0.2) is 0 Å². The van der Waals surface area contributed by atoms with Crippen LogP contribution in [0.1, 0.15) is 27.7 Å². The van der Waals surface area contributed by atoms with Crippen molar-refractivity contribution < 1.29 is 14.3 Å². The lowest BCUT2D eigenvalue weighted by Crippen LogP contribution is -2.46. The minimum Gasteiger partial charge on any atom is -0.495 e. The van der Waals surface area contributed by atoms with E-state index in [-0.39, 0.29) is 11.8 Å². The van der Waals surface area contributed by atoms with Gasteiger partial charge in [0.1, 0.15) is 11.2 Å². The number of amides is 2. The number of para-hydroxylation sites is 2. The number of hydrogen-bond donors (Lipinski definition) is 2. The molecule has 1 rings (SSSR count). The maximum absolute atomic E-state index is 12.4. The van der Waals surface area contributed by atoms with Gasteiger partial charge in [-0.1, -0.05) is 26.0 Å². The number of hydrogen-bond acceptors (Lipinski definition) is 3. The van der Waals surface area contributed by atoms with E-state index in [0.717, 1.165) is 0 Å². The molecule has 0 aliphatic heterocycles. The summed E-state index contributed by atoms with van der Waals surface area (Å²) in [5.74, 6) is 0.239. The lowest BCUT2D eigenvalue weighted by Gasteiger charge is -2.23. The molecule has 0 aliphatic rings. The molecule has 0 spiro atoms. The molecule has 0 saturated heterocycles. The summed E-state index contributed by atoms with van der Waals surface area (Å²) < 4.78 is 5.18. The first-order valence-corrected chi connectivity index (χ1v) is 7.01. The highest BCUT2D eigenvalue weighted by atomic mass is 16.5. The fraction of sp³-hybridized carbons (Fsp3) is 0.500. The molecule has 5 heteroatoms. The van der Waals surface area contributed by atoms with Crippen molar-refractivity contribution in [3.05, 3.63) is 24.3 Å². The van der Waals surface area contributed by atoms with Gasteiger partial charge in [-0.3, -0.25) is 9.59 Å². The Morgan fingerprint density at radius 2 is 1.81 bits per heavy atom. The summed E-state index contributed by atoms with van der Waals surface area (Å²) in [6.45, 7) is 7.76. The number of anilines is 1. The largest absolute Gasteiger partial charge is 0.495 e. The Hall–Kier alpha value is -2.04. The van der Waals surface area contributed by atoms with Gasteiger partial charge in [0, 0.05) is 6.54 Å². The Labute approximate surface area is 126 Å². The van der Waals surface area contributed by atoms with Gasteiger partial charge in [0.15, 0.2) is 0 Å². The van der Waals surface area contributed by atoms with Crippen LogP contribution in [0.3, 0.4) is 0 Å². The molecule has 0 aromatic heterocycles. The molecule has 0 saturated carbocycles. The van der Waals surface area contributed by atoms with Crippen molar-refractivity contribution in [2.24, 2.45) is 11.3 Å². The zero-order valence-electron chi connectivity index (χ0n) is 13.3. The van der Waals surface area contributed by atoms with E-state index in [9.17, 15) is 9.59 Å². The number of benzene rings is 1. The topological polar surface area (TPSA) is 67.4 Å². The van der Waals surface area contributed by atoms with Crippen molar-refractivity contribution in [2.75, 3.05) is 19.0 Å². The van der Waals surface area contributed by atoms with Crippen LogP contribution >= 0.6 is 0 Å². The predicted molar refractivity (Wildman–Crippen MR) is 83.3 cm³/mol. The molecule has 0 heterocycles. The Balaban J connectivity index is 2.79. The van der Waals surface area contributed by atoms with Crippen molar-refractivity contribution in [1.82, 2.24) is 5.32 Å². The van der Waals surface area contributed by atoms with Crippen molar-refractivity contribution in [2.45, 2.75) is 27.7 Å². The highest BCUT2D eigenvalue weighted by molar-refractivity contribution is 6.10. The molecule has 1 aromatic rings. The summed E-state index contributed by atoms with van der Waals surface area (Å²) in [7, 11) is 1.53. The molecular weight excluding hydrogens is 268 g/mol. The molecule has 0 fully saturated rings. The van der Waals surface area contributed by atoms with E-state index in [0.29, 0.717) is 23.9 Å². The summed E-state index contributed by atoms with van der Waals surface area (Å²) in [5, 5.41) is 5.53. The van der Waals surface area contributed by atoms with Crippen molar-refractivity contribution in [3.8, 4) is 5.75 Å². The molecule has 2 N–H and O–H groups in total. The minimum atomic E-state index is -1.16. The second kappa shape index (κ2) is 7.11. The normalized spacial score (nSPS) is 11.1. The first kappa shape index (κ1) is 17.0. The number of rotatable bonds is 6. The van der Waals surface area contributed by atoms with E-state index in [4.69, 9.17) is 4.74 Å². The van der Waals surface area contributed by atoms with E-state index in [1.807, 2.05) is 19.9 Å². The summed E-state index contributed by atoms with van der Waals surface area (Å²) >= 11 is 0. The third kappa shape index (κ3) is 4.48. The van der Waals surface area contributed by atoms with Gasteiger partial charge in [0.2, 0.25) is 11.8 Å². The zero-order chi connectivity index (χ0) is 16.0. The summed E-state index contributed by atoms with van der Waals surface area (Å²) in [5.41, 5.74) is -0.606. The SMILES string of the molecule is COc1ccccc1NC(=O)C(C)(C)C(=O)NCC(C)C. The maximum atomic E-state index is 12.4. The van der Waals surface area contributed by atoms with Crippen LogP contribution in [0.2, 0.25) is 0 Å². The highest BCUT2D eigenvalue weighted by Crippen LogP contribution is 2.26. The average Bonchev–Trinajstić information content (AvgIpc) is 2.44. The predicted octanol–water partition coefficient (Wildman–Crippen LogP) is 2.43. The number of nitrogens with one attached hydrogen (secondary N) is 2. The molecule has 5 nitrogen and oxygen atoms in total. The van der Waals surface area contributed by atoms with Crippen LogP contribution in [-0.4, -0.2) is 25.5 Å². The van der Waals surface area contributed by atoms with E-state index in [1.54, 1.807) is 32.0 Å². The molecular formula is C16H24N2O3. The first-order valence-electron chi connectivity index (χ1n) is 7.01. The van der Waals surface area contributed by atoms with Crippen LogP contribution in [0.4, 0.5) is 5.69 Å². The van der Waals surface area contributed by atoms with E-state index in [2.05, 4.69) is 10.6 Å². The summed E-state index contributed by atoms with van der Waals surface area (Å²) in [6, 6.07) is 7.10. The van der Waals surface area contributed by atoms with Gasteiger partial charge in [-0.2, -0.15) is 0 Å². The van der Waals surface area contributed by atoms with Crippen LogP contribution in [0.5, 0.6) is 5.75 Å². The van der Waals surface area contributed by atoms with Gasteiger partial charge < -0.3 is 15.4 Å². The smallest absolute Gasteiger partial charge is 0.239 e. The molecule has 0 bridgehead atoms. The Kier molecular flexibility index (Phi) is 5.76. The van der Waals surface area contributed by atoms with Crippen LogP contribution < -0.4 is 15.4 Å². The fourth-order valence-electron chi connectivity index (χ4n) is 1.65. The van der Waals surface area contributed by atoms with E-state index >= 15 is 0 Å². The highest BCUT2D eigenvalue weighted by Gasteiger charge is 2.36. The second-order valence-electron chi connectivity index (χ2n) is 5.88. The molecule has 1 aromatic carbocycles. The van der Waals surface area contributed by atoms with Gasteiger partial charge in [-0.05, 0) is 31.9 Å². The molecule has 0 radical (unpaired) electrons. The van der Waals surface area contributed by atoms with Crippen molar-refractivity contribution in [3.63, 3.8) is 0 Å². The van der Waals surface area contributed by atoms with Gasteiger partial charge >= 0.3 is 0 Å². The van der Waals surface area contributed by atoms with Gasteiger partial charge in [-0.15, -0.1) is 0 Å². The summed E-state index contributed by atoms with van der Waals surface area (Å²) in [6.07, 6.45) is 0. The molecule has 0 unspecified atom stereocenters. The fourth-order valence-corrected chi connectivity index (χ4v) is 1.65. The van der Waals surface area contributed by atoms with Crippen LogP contribution in [0.25, 0.3) is 0 Å². The quantitative estimate of drug-likeness (QED) is 0.791. The monoisotopic (exact) mass is 292 g/mol. The lowest BCUT2D eigenvalue weighted by molar-refractivity contribution is -0.138. The van der Waals surface area contributed by atoms with Crippen LogP contribution in [0.15, 0.2) is 24.3 Å². The molecule has 21 heavy (non-hydrogen) atoms.